The van der Waals surface area contributed by atoms with Crippen molar-refractivity contribution < 1.29 is 9.22 Å². The fraction of sp³-hybridized carbons (Fsp3) is 0.500. The van der Waals surface area contributed by atoms with Crippen LogP contribution >= 0.6 is 11.8 Å². The van der Waals surface area contributed by atoms with Crippen LogP contribution in [0, 0.1) is 0 Å². The van der Waals surface area contributed by atoms with Crippen molar-refractivity contribution in [3.8, 4) is 0 Å². The van der Waals surface area contributed by atoms with Crippen molar-refractivity contribution in [3.63, 3.8) is 0 Å². The predicted octanol–water partition coefficient (Wildman–Crippen LogP) is 5.28. The van der Waals surface area contributed by atoms with E-state index in [2.05, 4.69) is 39.9 Å². The summed E-state index contributed by atoms with van der Waals surface area (Å²) in [7, 11) is -1.82. The maximum atomic E-state index is 12.6. The Morgan fingerprint density at radius 2 is 1.86 bits per heavy atom. The van der Waals surface area contributed by atoms with Crippen LogP contribution in [-0.4, -0.2) is 25.1 Å². The van der Waals surface area contributed by atoms with E-state index in [4.69, 9.17) is 4.43 Å². The molecule has 0 fully saturated rings. The minimum Gasteiger partial charge on any atom is -0.547 e. The van der Waals surface area contributed by atoms with Crippen molar-refractivity contribution in [2.24, 2.45) is 0 Å². The van der Waals surface area contributed by atoms with Crippen molar-refractivity contribution in [1.82, 2.24) is 0 Å². The summed E-state index contributed by atoms with van der Waals surface area (Å²) < 4.78 is 6.39. The number of benzene rings is 1. The lowest BCUT2D eigenvalue weighted by atomic mass is 10.1. The molecule has 1 unspecified atom stereocenters. The average Bonchev–Trinajstić information content (AvgIpc) is 2.46. The van der Waals surface area contributed by atoms with Gasteiger partial charge in [-0.25, -0.2) is 0 Å². The Bertz CT molecular complexity index is 558. The molecule has 1 aliphatic rings. The standard InChI is InChI=1S/C18H26O2SSi/c1-18(2,3)22(4,5)20-15-11-12-21-16(13-15)17(19)14-9-7-6-8-10-14/h6-11,16H,12-13H2,1-5H3. The number of hydrogen-bond acceptors (Lipinski definition) is 3. The number of ketones is 1. The van der Waals surface area contributed by atoms with E-state index in [1.807, 2.05) is 30.3 Å². The molecule has 0 radical (unpaired) electrons. The summed E-state index contributed by atoms with van der Waals surface area (Å²) in [6.45, 7) is 11.2. The molecule has 1 aromatic rings. The molecule has 1 aromatic carbocycles. The van der Waals surface area contributed by atoms with Gasteiger partial charge in [0.15, 0.2) is 5.78 Å². The normalized spacial score (nSPS) is 19.5. The van der Waals surface area contributed by atoms with Gasteiger partial charge in [0.25, 0.3) is 0 Å². The summed E-state index contributed by atoms with van der Waals surface area (Å²) in [4.78, 5) is 12.6. The highest BCUT2D eigenvalue weighted by atomic mass is 32.2. The maximum Gasteiger partial charge on any atom is 0.250 e. The molecule has 0 spiro atoms. The fourth-order valence-corrected chi connectivity index (χ4v) is 4.32. The third-order valence-electron chi connectivity index (χ3n) is 4.54. The number of allylic oxidation sites excluding steroid dienone is 1. The van der Waals surface area contributed by atoms with Gasteiger partial charge in [-0.2, -0.15) is 0 Å². The van der Waals surface area contributed by atoms with Crippen LogP contribution in [0.3, 0.4) is 0 Å². The van der Waals surface area contributed by atoms with E-state index < -0.39 is 8.32 Å². The van der Waals surface area contributed by atoms with Crippen molar-refractivity contribution >= 4 is 25.9 Å². The van der Waals surface area contributed by atoms with Crippen LogP contribution in [0.15, 0.2) is 42.2 Å². The summed E-state index contributed by atoms with van der Waals surface area (Å²) in [6, 6.07) is 9.58. The minimum absolute atomic E-state index is 0.0211. The molecule has 22 heavy (non-hydrogen) atoms. The number of carbonyl (C=O) groups is 1. The van der Waals surface area contributed by atoms with E-state index in [-0.39, 0.29) is 16.1 Å². The molecule has 0 aromatic heterocycles. The molecule has 2 nitrogen and oxygen atoms in total. The molecular weight excluding hydrogens is 308 g/mol. The number of carbonyl (C=O) groups excluding carboxylic acids is 1. The molecule has 0 N–H and O–H groups in total. The first kappa shape index (κ1) is 17.4. The van der Waals surface area contributed by atoms with Gasteiger partial charge in [-0.15, -0.1) is 11.8 Å². The second kappa shape index (κ2) is 6.63. The van der Waals surface area contributed by atoms with Gasteiger partial charge in [-0.05, 0) is 24.2 Å². The molecule has 1 aliphatic heterocycles. The maximum absolute atomic E-state index is 12.6. The molecule has 4 heteroatoms. The first-order valence-corrected chi connectivity index (χ1v) is 11.8. The lowest BCUT2D eigenvalue weighted by molar-refractivity contribution is 0.0985. The third kappa shape index (κ3) is 4.05. The van der Waals surface area contributed by atoms with Gasteiger partial charge in [0.05, 0.1) is 11.0 Å². The number of Topliss-reactive ketones (excluding diaryl/α,β-unsaturated/α-hetero) is 1. The Hall–Kier alpha value is -1.00. The highest BCUT2D eigenvalue weighted by Crippen LogP contribution is 2.40. The van der Waals surface area contributed by atoms with Crippen molar-refractivity contribution in [1.29, 1.82) is 0 Å². The SMILES string of the molecule is CC(C)(C)[Si](C)(C)OC1=CCSC(C(=O)c2ccccc2)C1. The van der Waals surface area contributed by atoms with E-state index in [9.17, 15) is 4.79 Å². The van der Waals surface area contributed by atoms with E-state index in [0.29, 0.717) is 6.42 Å². The number of thioether (sulfide) groups is 1. The Morgan fingerprint density at radius 3 is 2.45 bits per heavy atom. The van der Waals surface area contributed by atoms with Crippen molar-refractivity contribution in [2.45, 2.75) is 50.6 Å². The fourth-order valence-electron chi connectivity index (χ4n) is 2.10. The third-order valence-corrected chi connectivity index (χ3v) is 10.1. The van der Waals surface area contributed by atoms with Crippen LogP contribution in [0.1, 0.15) is 37.6 Å². The van der Waals surface area contributed by atoms with E-state index in [1.54, 1.807) is 11.8 Å². The molecule has 0 saturated heterocycles. The highest BCUT2D eigenvalue weighted by molar-refractivity contribution is 8.00. The molecular formula is C18H26O2SSi. The molecule has 0 aliphatic carbocycles. The summed E-state index contributed by atoms with van der Waals surface area (Å²) in [5.41, 5.74) is 0.800. The zero-order valence-electron chi connectivity index (χ0n) is 14.2. The number of hydrogen-bond donors (Lipinski definition) is 0. The van der Waals surface area contributed by atoms with Crippen LogP contribution in [-0.2, 0) is 4.43 Å². The van der Waals surface area contributed by atoms with Crippen LogP contribution in [0.4, 0.5) is 0 Å². The predicted molar refractivity (Wildman–Crippen MR) is 98.0 cm³/mol. The van der Waals surface area contributed by atoms with Gasteiger partial charge in [0, 0.05) is 17.7 Å². The quantitative estimate of drug-likeness (QED) is 0.553. The molecule has 2 rings (SSSR count). The minimum atomic E-state index is -1.82. The van der Waals surface area contributed by atoms with E-state index in [0.717, 1.165) is 17.1 Å². The smallest absolute Gasteiger partial charge is 0.250 e. The van der Waals surface area contributed by atoms with Gasteiger partial charge in [-0.1, -0.05) is 51.1 Å². The summed E-state index contributed by atoms with van der Waals surface area (Å²) in [5.74, 6) is 2.09. The lowest BCUT2D eigenvalue weighted by Crippen LogP contribution is -2.41. The molecule has 1 heterocycles. The Balaban J connectivity index is 2.06. The van der Waals surface area contributed by atoms with Crippen molar-refractivity contribution in [2.75, 3.05) is 5.75 Å². The van der Waals surface area contributed by atoms with Crippen molar-refractivity contribution in [3.05, 3.63) is 47.7 Å². The zero-order valence-corrected chi connectivity index (χ0v) is 16.0. The second-order valence-electron chi connectivity index (χ2n) is 7.29. The first-order chi connectivity index (χ1) is 10.2. The number of rotatable bonds is 4. The van der Waals surface area contributed by atoms with Crippen LogP contribution in [0.25, 0.3) is 0 Å². The summed E-state index contributed by atoms with van der Waals surface area (Å²) >= 11 is 1.71. The Kier molecular flexibility index (Phi) is 5.23. The highest BCUT2D eigenvalue weighted by Gasteiger charge is 2.40. The van der Waals surface area contributed by atoms with E-state index in [1.165, 1.54) is 0 Å². The van der Waals surface area contributed by atoms with E-state index >= 15 is 0 Å². The topological polar surface area (TPSA) is 26.3 Å². The zero-order chi connectivity index (χ0) is 16.4. The van der Waals surface area contributed by atoms with Crippen LogP contribution < -0.4 is 0 Å². The average molecular weight is 335 g/mol. The van der Waals surface area contributed by atoms with Gasteiger partial charge >= 0.3 is 0 Å². The lowest BCUT2D eigenvalue weighted by Gasteiger charge is -2.38. The first-order valence-electron chi connectivity index (χ1n) is 7.79. The van der Waals surface area contributed by atoms with Gasteiger partial charge in [0.2, 0.25) is 8.32 Å². The molecule has 120 valence electrons. The molecule has 0 saturated carbocycles. The molecule has 0 amide bonds. The van der Waals surface area contributed by atoms with Gasteiger partial charge < -0.3 is 4.43 Å². The second-order valence-corrected chi connectivity index (χ2v) is 13.2. The largest absolute Gasteiger partial charge is 0.547 e. The summed E-state index contributed by atoms with van der Waals surface area (Å²) in [5, 5.41) is 0.157. The van der Waals surface area contributed by atoms with Crippen LogP contribution in [0.2, 0.25) is 18.1 Å². The van der Waals surface area contributed by atoms with Gasteiger partial charge in [0.1, 0.15) is 0 Å². The van der Waals surface area contributed by atoms with Gasteiger partial charge in [-0.3, -0.25) is 4.79 Å². The molecule has 1 atom stereocenters. The Labute approximate surface area is 139 Å². The summed E-state index contributed by atoms with van der Waals surface area (Å²) in [6.07, 6.45) is 2.87. The van der Waals surface area contributed by atoms with Crippen LogP contribution in [0.5, 0.6) is 0 Å². The molecule has 0 bridgehead atoms. The Morgan fingerprint density at radius 1 is 1.23 bits per heavy atom. The monoisotopic (exact) mass is 334 g/mol.